The minimum Gasteiger partial charge on any atom is -0.444 e. The van der Waals surface area contributed by atoms with Gasteiger partial charge in [-0.05, 0) is 54.7 Å². The van der Waals surface area contributed by atoms with Crippen molar-refractivity contribution in [1.82, 2.24) is 9.97 Å². The van der Waals surface area contributed by atoms with E-state index in [1.807, 2.05) is 43.3 Å². The summed E-state index contributed by atoms with van der Waals surface area (Å²) in [6.45, 7) is 2.03. The molecule has 0 radical (unpaired) electrons. The van der Waals surface area contributed by atoms with E-state index in [1.165, 1.54) is 11.8 Å². The zero-order chi connectivity index (χ0) is 25.7. The molecule has 0 aliphatic rings. The van der Waals surface area contributed by atoms with Gasteiger partial charge < -0.3 is 15.3 Å². The van der Waals surface area contributed by atoms with E-state index in [2.05, 4.69) is 22.1 Å². The van der Waals surface area contributed by atoms with Gasteiger partial charge in [-0.3, -0.25) is 0 Å². The number of nitrogens with two attached hydrogens (primary N) is 1. The molecular weight excluding hydrogens is 494 g/mol. The minimum absolute atomic E-state index is 0.0656. The number of aromatic nitrogens is 2. The van der Waals surface area contributed by atoms with Crippen LogP contribution in [0, 0.1) is 29.6 Å². The molecule has 0 saturated heterocycles. The quantitative estimate of drug-likeness (QED) is 0.277. The molecule has 0 saturated carbocycles. The third-order valence-electron chi connectivity index (χ3n) is 5.60. The molecule has 2 heterocycles. The number of oxazole rings is 1. The van der Waals surface area contributed by atoms with E-state index in [0.29, 0.717) is 44.9 Å². The number of aliphatic hydroxyl groups is 1. The van der Waals surface area contributed by atoms with Crippen LogP contribution in [0.3, 0.4) is 0 Å². The second kappa shape index (κ2) is 11.3. The number of hydrogen-bond acceptors (Lipinski definition) is 8. The lowest BCUT2D eigenvalue weighted by atomic mass is 9.95. The number of aliphatic hydroxyl groups excluding tert-OH is 1. The van der Waals surface area contributed by atoms with Crippen LogP contribution in [0.5, 0.6) is 0 Å². The molecule has 0 atom stereocenters. The van der Waals surface area contributed by atoms with Crippen molar-refractivity contribution >= 4 is 29.2 Å². The van der Waals surface area contributed by atoms with Crippen LogP contribution in [-0.4, -0.2) is 21.7 Å². The van der Waals surface area contributed by atoms with Crippen LogP contribution in [-0.2, 0) is 12.2 Å². The van der Waals surface area contributed by atoms with E-state index in [4.69, 9.17) is 26.9 Å². The maximum atomic E-state index is 10.0. The highest BCUT2D eigenvalue weighted by molar-refractivity contribution is 7.98. The van der Waals surface area contributed by atoms with E-state index in [1.54, 1.807) is 12.3 Å². The van der Waals surface area contributed by atoms with Crippen molar-refractivity contribution in [3.8, 4) is 34.7 Å². The molecule has 3 N–H and O–H groups in total. The fraction of sp³-hybridized carbons (Fsp3) is 0.185. The molecule has 180 valence electrons. The lowest BCUT2D eigenvalue weighted by Gasteiger charge is -2.13. The first-order valence-corrected chi connectivity index (χ1v) is 12.5. The molecule has 2 aromatic heterocycles. The number of nitrogens with zero attached hydrogens (tertiary/aromatic N) is 4. The zero-order valence-electron chi connectivity index (χ0n) is 19.5. The molecular formula is C27H22ClN5O2S. The van der Waals surface area contributed by atoms with Crippen molar-refractivity contribution in [2.24, 2.45) is 0 Å². The molecule has 4 rings (SSSR count). The molecule has 4 aromatic rings. The number of anilines is 1. The number of aryl methyl sites for hydroxylation is 2. The van der Waals surface area contributed by atoms with Gasteiger partial charge in [0, 0.05) is 28.5 Å². The molecule has 0 fully saturated rings. The average molecular weight is 516 g/mol. The molecule has 0 aliphatic heterocycles. The highest BCUT2D eigenvalue weighted by Gasteiger charge is 2.21. The van der Waals surface area contributed by atoms with Crippen molar-refractivity contribution in [3.63, 3.8) is 0 Å². The Bertz CT molecular complexity index is 1490. The fourth-order valence-corrected chi connectivity index (χ4v) is 4.73. The summed E-state index contributed by atoms with van der Waals surface area (Å²) in [6, 6.07) is 17.4. The van der Waals surface area contributed by atoms with Crippen LogP contribution >= 0.6 is 23.4 Å². The summed E-state index contributed by atoms with van der Waals surface area (Å²) >= 11 is 7.41. The van der Waals surface area contributed by atoms with Gasteiger partial charge in [-0.1, -0.05) is 47.6 Å². The second-order valence-electron chi connectivity index (χ2n) is 8.07. The third-order valence-corrected chi connectivity index (χ3v) is 7.03. The lowest BCUT2D eigenvalue weighted by Crippen LogP contribution is -2.03. The number of benzene rings is 2. The van der Waals surface area contributed by atoms with Crippen molar-refractivity contribution in [1.29, 1.82) is 10.5 Å². The number of halogens is 1. The van der Waals surface area contributed by atoms with Crippen LogP contribution in [0.4, 0.5) is 5.82 Å². The Morgan fingerprint density at radius 1 is 1.06 bits per heavy atom. The molecule has 36 heavy (non-hydrogen) atoms. The van der Waals surface area contributed by atoms with Gasteiger partial charge in [0.15, 0.2) is 0 Å². The first kappa shape index (κ1) is 25.3. The number of nitriles is 2. The summed E-state index contributed by atoms with van der Waals surface area (Å²) in [5, 5.41) is 29.9. The van der Waals surface area contributed by atoms with Gasteiger partial charge in [0.1, 0.15) is 34.8 Å². The van der Waals surface area contributed by atoms with E-state index in [-0.39, 0.29) is 23.6 Å². The molecule has 7 nitrogen and oxygen atoms in total. The van der Waals surface area contributed by atoms with Crippen molar-refractivity contribution in [3.05, 3.63) is 81.7 Å². The predicted molar refractivity (Wildman–Crippen MR) is 140 cm³/mol. The van der Waals surface area contributed by atoms with Gasteiger partial charge in [-0.25, -0.2) is 9.97 Å². The second-order valence-corrected chi connectivity index (χ2v) is 9.44. The SMILES string of the molecule is Cc1cc(-c2nc(CSc3nc(N)c(C#N)c(-c4ccc(CCCO)cc4)c3C#N)co2)ccc1Cl. The number of rotatable bonds is 8. The molecule has 9 heteroatoms. The Morgan fingerprint density at radius 3 is 2.44 bits per heavy atom. The number of nitrogen functional groups attached to an aromatic ring is 1. The summed E-state index contributed by atoms with van der Waals surface area (Å²) in [4.78, 5) is 8.91. The van der Waals surface area contributed by atoms with Gasteiger partial charge >= 0.3 is 0 Å². The van der Waals surface area contributed by atoms with Gasteiger partial charge in [0.2, 0.25) is 5.89 Å². The summed E-state index contributed by atoms with van der Waals surface area (Å²) < 4.78 is 5.65. The topological polar surface area (TPSA) is 133 Å². The highest BCUT2D eigenvalue weighted by atomic mass is 35.5. The first-order chi connectivity index (χ1) is 17.4. The fourth-order valence-electron chi connectivity index (χ4n) is 3.74. The maximum absolute atomic E-state index is 10.0. The Hall–Kier alpha value is -3.82. The molecule has 0 spiro atoms. The summed E-state index contributed by atoms with van der Waals surface area (Å²) in [7, 11) is 0. The Morgan fingerprint density at radius 2 is 1.78 bits per heavy atom. The Labute approximate surface area is 218 Å². The van der Waals surface area contributed by atoms with Gasteiger partial charge in [0.05, 0.1) is 11.3 Å². The normalized spacial score (nSPS) is 10.7. The third kappa shape index (κ3) is 5.37. The smallest absolute Gasteiger partial charge is 0.226 e. The number of thioether (sulfide) groups is 1. The summed E-state index contributed by atoms with van der Waals surface area (Å²) in [5.41, 5.74) is 11.2. The van der Waals surface area contributed by atoms with Crippen LogP contribution in [0.1, 0.15) is 34.4 Å². The zero-order valence-corrected chi connectivity index (χ0v) is 21.0. The molecule has 0 amide bonds. The molecule has 0 bridgehead atoms. The van der Waals surface area contributed by atoms with Gasteiger partial charge in [0.25, 0.3) is 0 Å². The largest absolute Gasteiger partial charge is 0.444 e. The molecule has 2 aromatic carbocycles. The summed E-state index contributed by atoms with van der Waals surface area (Å²) in [6.07, 6.45) is 2.97. The number of pyridine rings is 1. The van der Waals surface area contributed by atoms with E-state index in [9.17, 15) is 10.5 Å². The molecule has 0 aliphatic carbocycles. The summed E-state index contributed by atoms with van der Waals surface area (Å²) in [5.74, 6) is 0.929. The van der Waals surface area contributed by atoms with Crippen molar-refractivity contribution in [2.75, 3.05) is 12.3 Å². The van der Waals surface area contributed by atoms with E-state index in [0.717, 1.165) is 23.1 Å². The highest BCUT2D eigenvalue weighted by Crippen LogP contribution is 2.37. The number of hydrogen-bond donors (Lipinski definition) is 2. The van der Waals surface area contributed by atoms with Crippen LogP contribution in [0.15, 0.2) is 58.2 Å². The average Bonchev–Trinajstić information content (AvgIpc) is 3.37. The Kier molecular flexibility index (Phi) is 7.92. The van der Waals surface area contributed by atoms with Crippen LogP contribution < -0.4 is 5.73 Å². The van der Waals surface area contributed by atoms with Crippen LogP contribution in [0.2, 0.25) is 5.02 Å². The van der Waals surface area contributed by atoms with Crippen molar-refractivity contribution < 1.29 is 9.52 Å². The monoisotopic (exact) mass is 515 g/mol. The standard InChI is InChI=1S/C27H22ClN5O2S/c1-16-11-19(8-9-23(16)28)26-32-20(14-35-26)15-36-27-22(13-30)24(21(12-29)25(31)33-27)18-6-4-17(5-7-18)3-2-10-34/h4-9,11,14,34H,2-3,10,15H2,1H3,(H2,31,33). The van der Waals surface area contributed by atoms with Gasteiger partial charge in [-0.2, -0.15) is 10.5 Å². The van der Waals surface area contributed by atoms with E-state index < -0.39 is 0 Å². The van der Waals surface area contributed by atoms with Crippen LogP contribution in [0.25, 0.3) is 22.6 Å². The first-order valence-electron chi connectivity index (χ1n) is 11.1. The lowest BCUT2D eigenvalue weighted by molar-refractivity contribution is 0.288. The minimum atomic E-state index is 0.0656. The van der Waals surface area contributed by atoms with Crippen molar-refractivity contribution in [2.45, 2.75) is 30.5 Å². The Balaban J connectivity index is 1.63. The van der Waals surface area contributed by atoms with E-state index >= 15 is 0 Å². The predicted octanol–water partition coefficient (Wildman–Crippen LogP) is 5.91. The van der Waals surface area contributed by atoms with Gasteiger partial charge in [-0.15, -0.1) is 0 Å². The maximum Gasteiger partial charge on any atom is 0.226 e. The molecule has 0 unspecified atom stereocenters.